The molecule has 10 heteroatoms. The molecule has 0 aromatic carbocycles. The van der Waals surface area contributed by atoms with E-state index in [1.807, 2.05) is 6.07 Å². The summed E-state index contributed by atoms with van der Waals surface area (Å²) in [7, 11) is 3.09. The van der Waals surface area contributed by atoms with Gasteiger partial charge >= 0.3 is 5.97 Å². The van der Waals surface area contributed by atoms with Crippen molar-refractivity contribution < 1.29 is 23.7 Å². The Bertz CT molecular complexity index is 588. The number of esters is 1. The van der Waals surface area contributed by atoms with Crippen LogP contribution in [-0.4, -0.2) is 57.8 Å². The minimum Gasteiger partial charge on any atom is -0.478 e. The van der Waals surface area contributed by atoms with Gasteiger partial charge in [0.25, 0.3) is 0 Å². The van der Waals surface area contributed by atoms with E-state index in [2.05, 4.69) is 20.3 Å². The number of rotatable bonds is 14. The summed E-state index contributed by atoms with van der Waals surface area (Å²) in [5.74, 6) is 0.154. The summed E-state index contributed by atoms with van der Waals surface area (Å²) < 4.78 is 20.9. The topological polar surface area (TPSA) is 128 Å². The van der Waals surface area contributed by atoms with Gasteiger partial charge in [-0.15, -0.1) is 0 Å². The molecule has 0 saturated carbocycles. The number of carbonyl (C=O) groups is 1. The van der Waals surface area contributed by atoms with Gasteiger partial charge in [0.15, 0.2) is 6.29 Å². The molecule has 0 aliphatic carbocycles. The fourth-order valence-electron chi connectivity index (χ4n) is 2.24. The van der Waals surface area contributed by atoms with Crippen molar-refractivity contribution in [3.05, 3.63) is 34.3 Å². The molecule has 0 radical (unpaired) electrons. The summed E-state index contributed by atoms with van der Waals surface area (Å²) in [4.78, 5) is 18.8. The van der Waals surface area contributed by atoms with Gasteiger partial charge in [0.1, 0.15) is 0 Å². The average molecular weight is 381 g/mol. The Morgan fingerprint density at radius 2 is 2.15 bits per heavy atom. The average Bonchev–Trinajstić information content (AvgIpc) is 2.68. The number of azide groups is 1. The van der Waals surface area contributed by atoms with Gasteiger partial charge in [-0.05, 0) is 24.4 Å². The lowest BCUT2D eigenvalue weighted by Gasteiger charge is -2.21. The quantitative estimate of drug-likeness (QED) is 0.131. The Morgan fingerprint density at radius 1 is 1.37 bits per heavy atom. The van der Waals surface area contributed by atoms with E-state index in [1.165, 1.54) is 0 Å². The van der Waals surface area contributed by atoms with Crippen LogP contribution >= 0.6 is 0 Å². The Hall–Kier alpha value is -2.39. The molecule has 27 heavy (non-hydrogen) atoms. The van der Waals surface area contributed by atoms with Gasteiger partial charge in [0.05, 0.1) is 19.6 Å². The van der Waals surface area contributed by atoms with E-state index in [9.17, 15) is 4.79 Å². The summed E-state index contributed by atoms with van der Waals surface area (Å²) in [6.45, 7) is 3.27. The summed E-state index contributed by atoms with van der Waals surface area (Å²) in [5, 5.41) is 6.67. The highest BCUT2D eigenvalue weighted by atomic mass is 16.7. The lowest BCUT2D eigenvalue weighted by atomic mass is 10.1. The van der Waals surface area contributed by atoms with Crippen molar-refractivity contribution in [2.45, 2.75) is 32.1 Å². The second kappa shape index (κ2) is 13.8. The third-order valence-corrected chi connectivity index (χ3v) is 3.61. The largest absolute Gasteiger partial charge is 0.478 e. The maximum Gasteiger partial charge on any atom is 0.307 e. The monoisotopic (exact) mass is 381 g/mol. The molecule has 1 N–H and O–H groups in total. The molecule has 0 bridgehead atoms. The first kappa shape index (κ1) is 22.7. The Kier molecular flexibility index (Phi) is 11.5. The molecule has 0 spiro atoms. The van der Waals surface area contributed by atoms with Crippen molar-refractivity contribution in [2.75, 3.05) is 40.5 Å². The van der Waals surface area contributed by atoms with Crippen molar-refractivity contribution in [3.8, 4) is 5.88 Å². The van der Waals surface area contributed by atoms with Crippen LogP contribution < -0.4 is 10.1 Å². The number of hydrogen-bond donors (Lipinski definition) is 1. The van der Waals surface area contributed by atoms with Crippen molar-refractivity contribution in [1.82, 2.24) is 10.3 Å². The fraction of sp³-hybridized carbons (Fsp3) is 0.647. The lowest BCUT2D eigenvalue weighted by molar-refractivity contribution is -0.144. The van der Waals surface area contributed by atoms with Crippen LogP contribution in [0.5, 0.6) is 5.88 Å². The number of nitrogens with zero attached hydrogens (tertiary/aromatic N) is 4. The van der Waals surface area contributed by atoms with E-state index in [4.69, 9.17) is 24.5 Å². The number of carbonyl (C=O) groups excluding carboxylic acids is 1. The van der Waals surface area contributed by atoms with Gasteiger partial charge in [0.2, 0.25) is 5.88 Å². The normalized spacial score (nSPS) is 11.7. The number of methoxy groups -OCH3 is 2. The SMILES string of the molecule is CCOC(=O)C[C@H](NCC(OC)OC)c1ccc(OCCCN=[N+]=[N-])nc1. The molecule has 1 atom stereocenters. The van der Waals surface area contributed by atoms with Gasteiger partial charge in [0, 0.05) is 50.5 Å². The zero-order chi connectivity index (χ0) is 19.9. The molecule has 1 aromatic rings. The van der Waals surface area contributed by atoms with Gasteiger partial charge in [-0.3, -0.25) is 4.79 Å². The van der Waals surface area contributed by atoms with Crippen LogP contribution in [0.1, 0.15) is 31.4 Å². The Balaban J connectivity index is 2.69. The zero-order valence-electron chi connectivity index (χ0n) is 16.0. The highest BCUT2D eigenvalue weighted by molar-refractivity contribution is 5.70. The van der Waals surface area contributed by atoms with Crippen LogP contribution in [0.4, 0.5) is 0 Å². The second-order valence-electron chi connectivity index (χ2n) is 5.46. The van der Waals surface area contributed by atoms with Crippen LogP contribution in [0.3, 0.4) is 0 Å². The maximum atomic E-state index is 11.9. The number of pyridine rings is 1. The Morgan fingerprint density at radius 3 is 2.74 bits per heavy atom. The number of hydrogen-bond acceptors (Lipinski definition) is 8. The molecule has 10 nitrogen and oxygen atoms in total. The van der Waals surface area contributed by atoms with Crippen LogP contribution in [0.25, 0.3) is 10.4 Å². The van der Waals surface area contributed by atoms with Gasteiger partial charge in [-0.1, -0.05) is 11.2 Å². The third-order valence-electron chi connectivity index (χ3n) is 3.61. The predicted octanol–water partition coefficient (Wildman–Crippen LogP) is 2.36. The molecular weight excluding hydrogens is 354 g/mol. The van der Waals surface area contributed by atoms with Crippen molar-refractivity contribution in [3.63, 3.8) is 0 Å². The summed E-state index contributed by atoms with van der Waals surface area (Å²) in [6, 6.07) is 3.26. The van der Waals surface area contributed by atoms with Gasteiger partial charge in [-0.2, -0.15) is 0 Å². The summed E-state index contributed by atoms with van der Waals surface area (Å²) in [5.41, 5.74) is 9.04. The lowest BCUT2D eigenvalue weighted by Crippen LogP contribution is -2.34. The molecular formula is C17H27N5O5. The Labute approximate surface area is 158 Å². The third kappa shape index (κ3) is 9.20. The summed E-state index contributed by atoms with van der Waals surface area (Å²) >= 11 is 0. The smallest absolute Gasteiger partial charge is 0.307 e. The minimum absolute atomic E-state index is 0.155. The molecule has 1 heterocycles. The van der Waals surface area contributed by atoms with Gasteiger partial charge in [-0.25, -0.2) is 4.98 Å². The second-order valence-corrected chi connectivity index (χ2v) is 5.46. The first-order valence-corrected chi connectivity index (χ1v) is 8.68. The van der Waals surface area contributed by atoms with Crippen LogP contribution in [0, 0.1) is 0 Å². The van der Waals surface area contributed by atoms with Crippen LogP contribution in [-0.2, 0) is 19.0 Å². The molecule has 150 valence electrons. The molecule has 0 aliphatic rings. The van der Waals surface area contributed by atoms with E-state index >= 15 is 0 Å². The number of nitrogens with one attached hydrogen (secondary N) is 1. The molecule has 0 unspecified atom stereocenters. The fourth-order valence-corrected chi connectivity index (χ4v) is 2.24. The number of ether oxygens (including phenoxy) is 4. The molecule has 0 aliphatic heterocycles. The first-order valence-electron chi connectivity index (χ1n) is 8.68. The van der Waals surface area contributed by atoms with E-state index in [0.29, 0.717) is 38.6 Å². The van der Waals surface area contributed by atoms with E-state index in [1.54, 1.807) is 33.4 Å². The van der Waals surface area contributed by atoms with Crippen molar-refractivity contribution in [1.29, 1.82) is 0 Å². The molecule has 1 aromatic heterocycles. The van der Waals surface area contributed by atoms with Gasteiger partial charge < -0.3 is 24.3 Å². The summed E-state index contributed by atoms with van der Waals surface area (Å²) in [6.07, 6.45) is 1.98. The van der Waals surface area contributed by atoms with E-state index in [-0.39, 0.29) is 18.4 Å². The molecule has 0 amide bonds. The van der Waals surface area contributed by atoms with Crippen LogP contribution in [0.15, 0.2) is 23.4 Å². The van der Waals surface area contributed by atoms with Crippen LogP contribution in [0.2, 0.25) is 0 Å². The first-order chi connectivity index (χ1) is 13.1. The van der Waals surface area contributed by atoms with Crippen molar-refractivity contribution >= 4 is 5.97 Å². The number of aromatic nitrogens is 1. The highest BCUT2D eigenvalue weighted by Gasteiger charge is 2.19. The minimum atomic E-state index is -0.429. The predicted molar refractivity (Wildman–Crippen MR) is 98.2 cm³/mol. The highest BCUT2D eigenvalue weighted by Crippen LogP contribution is 2.19. The molecule has 0 fully saturated rings. The van der Waals surface area contributed by atoms with E-state index < -0.39 is 6.29 Å². The van der Waals surface area contributed by atoms with E-state index in [0.717, 1.165) is 5.56 Å². The molecule has 1 rings (SSSR count). The van der Waals surface area contributed by atoms with Crippen molar-refractivity contribution in [2.24, 2.45) is 5.11 Å². The zero-order valence-corrected chi connectivity index (χ0v) is 16.0. The molecule has 0 saturated heterocycles. The maximum absolute atomic E-state index is 11.9. The standard InChI is InChI=1S/C17H27N5O5/c1-4-26-16(23)10-14(19-12-17(24-2)25-3)13-6-7-15(20-11-13)27-9-5-8-21-22-18/h6-7,11,14,17,19H,4-5,8-10,12H2,1-3H3/t14-/m0/s1.